The van der Waals surface area contributed by atoms with E-state index in [1.807, 2.05) is 29.5 Å². The molecule has 1 aromatic rings. The van der Waals surface area contributed by atoms with E-state index in [1.54, 1.807) is 12.1 Å². The lowest BCUT2D eigenvalue weighted by Crippen LogP contribution is -2.40. The summed E-state index contributed by atoms with van der Waals surface area (Å²) in [6.07, 6.45) is 1.99. The first-order chi connectivity index (χ1) is 8.95. The summed E-state index contributed by atoms with van der Waals surface area (Å²) in [4.78, 5) is 22.9. The Morgan fingerprint density at radius 1 is 1.42 bits per heavy atom. The largest absolute Gasteiger partial charge is 0.507 e. The van der Waals surface area contributed by atoms with Crippen molar-refractivity contribution in [3.8, 4) is 5.75 Å². The second-order valence-electron chi connectivity index (χ2n) is 4.17. The lowest BCUT2D eigenvalue weighted by Gasteiger charge is -2.14. The zero-order valence-corrected chi connectivity index (χ0v) is 12.7. The molecule has 0 fully saturated rings. The average Bonchev–Trinajstić information content (AvgIpc) is 2.37. The van der Waals surface area contributed by atoms with Gasteiger partial charge in [-0.25, -0.2) is 4.79 Å². The first kappa shape index (κ1) is 15.7. The number of hydrogen-bond acceptors (Lipinski definition) is 3. The van der Waals surface area contributed by atoms with Crippen LogP contribution >= 0.6 is 22.6 Å². The molecule has 0 saturated carbocycles. The number of aromatic hydroxyl groups is 1. The third-order valence-electron chi connectivity index (χ3n) is 2.66. The summed E-state index contributed by atoms with van der Waals surface area (Å²) in [6, 6.07) is 3.59. The van der Waals surface area contributed by atoms with E-state index in [4.69, 9.17) is 5.11 Å². The van der Waals surface area contributed by atoms with Gasteiger partial charge in [-0.3, -0.25) is 4.79 Å². The minimum absolute atomic E-state index is 0.00804. The standard InChI is InChI=1S/C13H16INO4/c1-2-3-4-10(13(18)19)15-12(17)8-5-6-9(14)11(16)7-8/h5-7,10,16H,2-4H2,1H3,(H,15,17)(H,18,19)/t10-/m0/s1. The van der Waals surface area contributed by atoms with Crippen molar-refractivity contribution in [2.45, 2.75) is 32.2 Å². The molecular weight excluding hydrogens is 361 g/mol. The predicted octanol–water partition coefficient (Wildman–Crippen LogP) is 2.37. The van der Waals surface area contributed by atoms with Gasteiger partial charge in [0.1, 0.15) is 11.8 Å². The molecule has 0 aliphatic heterocycles. The van der Waals surface area contributed by atoms with Gasteiger partial charge >= 0.3 is 5.97 Å². The second-order valence-corrected chi connectivity index (χ2v) is 5.33. The van der Waals surface area contributed by atoms with Crippen LogP contribution in [0.1, 0.15) is 36.5 Å². The summed E-state index contributed by atoms with van der Waals surface area (Å²) in [7, 11) is 0. The highest BCUT2D eigenvalue weighted by molar-refractivity contribution is 14.1. The highest BCUT2D eigenvalue weighted by Crippen LogP contribution is 2.20. The molecule has 0 aliphatic carbocycles. The summed E-state index contributed by atoms with van der Waals surface area (Å²) >= 11 is 1.94. The van der Waals surface area contributed by atoms with E-state index in [0.29, 0.717) is 9.99 Å². The molecule has 0 radical (unpaired) electrons. The van der Waals surface area contributed by atoms with Gasteiger partial charge in [-0.15, -0.1) is 0 Å². The van der Waals surface area contributed by atoms with Gasteiger partial charge in [0.05, 0.1) is 3.57 Å². The summed E-state index contributed by atoms with van der Waals surface area (Å²) in [6.45, 7) is 1.96. The van der Waals surface area contributed by atoms with E-state index >= 15 is 0 Å². The number of carboxylic acid groups (broad SMARTS) is 1. The average molecular weight is 377 g/mol. The van der Waals surface area contributed by atoms with Gasteiger partial charge in [-0.05, 0) is 47.2 Å². The number of hydrogen-bond donors (Lipinski definition) is 3. The molecule has 1 amide bonds. The maximum Gasteiger partial charge on any atom is 0.326 e. The third kappa shape index (κ3) is 4.70. The monoisotopic (exact) mass is 377 g/mol. The van der Waals surface area contributed by atoms with Gasteiger partial charge in [0, 0.05) is 5.56 Å². The second kappa shape index (κ2) is 7.32. The van der Waals surface area contributed by atoms with Crippen molar-refractivity contribution in [1.82, 2.24) is 5.32 Å². The maximum absolute atomic E-state index is 11.9. The van der Waals surface area contributed by atoms with Crippen LogP contribution in [-0.2, 0) is 4.79 Å². The molecule has 1 rings (SSSR count). The number of nitrogens with one attached hydrogen (secondary N) is 1. The highest BCUT2D eigenvalue weighted by Gasteiger charge is 2.20. The molecule has 104 valence electrons. The molecule has 6 heteroatoms. The van der Waals surface area contributed by atoms with Crippen LogP contribution in [0.15, 0.2) is 18.2 Å². The summed E-state index contributed by atoms with van der Waals surface area (Å²) in [5.41, 5.74) is 0.251. The van der Waals surface area contributed by atoms with Gasteiger partial charge in [0.25, 0.3) is 5.91 Å². The number of halogens is 1. The van der Waals surface area contributed by atoms with E-state index in [2.05, 4.69) is 5.32 Å². The number of phenolic OH excluding ortho intramolecular Hbond substituents is 1. The molecule has 0 bridgehead atoms. The number of benzene rings is 1. The van der Waals surface area contributed by atoms with Crippen LogP contribution in [0.25, 0.3) is 0 Å². The number of unbranched alkanes of at least 4 members (excludes halogenated alkanes) is 1. The molecular formula is C13H16INO4. The molecule has 0 spiro atoms. The zero-order chi connectivity index (χ0) is 14.4. The Morgan fingerprint density at radius 3 is 2.63 bits per heavy atom. The molecule has 5 nitrogen and oxygen atoms in total. The van der Waals surface area contributed by atoms with Crippen LogP contribution in [0.3, 0.4) is 0 Å². The van der Waals surface area contributed by atoms with Gasteiger partial charge in [0.15, 0.2) is 0 Å². The molecule has 0 saturated heterocycles. The summed E-state index contributed by atoms with van der Waals surface area (Å²) in [5, 5.41) is 21.0. The Kier molecular flexibility index (Phi) is 6.07. The first-order valence-electron chi connectivity index (χ1n) is 5.98. The topological polar surface area (TPSA) is 86.6 Å². The van der Waals surface area contributed by atoms with Crippen molar-refractivity contribution in [2.75, 3.05) is 0 Å². The van der Waals surface area contributed by atoms with E-state index in [1.165, 1.54) is 6.07 Å². The van der Waals surface area contributed by atoms with Gasteiger partial charge < -0.3 is 15.5 Å². The molecule has 1 atom stereocenters. The number of phenols is 1. The minimum Gasteiger partial charge on any atom is -0.507 e. The van der Waals surface area contributed by atoms with Gasteiger partial charge in [-0.1, -0.05) is 19.8 Å². The van der Waals surface area contributed by atoms with E-state index in [9.17, 15) is 14.7 Å². The minimum atomic E-state index is -1.04. The summed E-state index contributed by atoms with van der Waals surface area (Å²) in [5.74, 6) is -1.53. The van der Waals surface area contributed by atoms with Crippen molar-refractivity contribution >= 4 is 34.5 Å². The van der Waals surface area contributed by atoms with Gasteiger partial charge in [0.2, 0.25) is 0 Å². The number of amides is 1. The number of rotatable bonds is 6. The van der Waals surface area contributed by atoms with Crippen LogP contribution in [0.5, 0.6) is 5.75 Å². The molecule has 0 unspecified atom stereocenters. The summed E-state index contributed by atoms with van der Waals surface area (Å²) < 4.78 is 0.634. The Bertz CT molecular complexity index is 476. The molecule has 19 heavy (non-hydrogen) atoms. The van der Waals surface area contributed by atoms with Crippen LogP contribution in [0.4, 0.5) is 0 Å². The fraction of sp³-hybridized carbons (Fsp3) is 0.385. The lowest BCUT2D eigenvalue weighted by molar-refractivity contribution is -0.139. The SMILES string of the molecule is CCCC[C@H](NC(=O)c1ccc(I)c(O)c1)C(=O)O. The Balaban J connectivity index is 2.75. The quantitative estimate of drug-likeness (QED) is 0.665. The Hall–Kier alpha value is -1.31. The lowest BCUT2D eigenvalue weighted by atomic mass is 10.1. The van der Waals surface area contributed by atoms with Crippen LogP contribution < -0.4 is 5.32 Å². The molecule has 0 aromatic heterocycles. The first-order valence-corrected chi connectivity index (χ1v) is 7.05. The van der Waals surface area contributed by atoms with Crippen molar-refractivity contribution in [3.63, 3.8) is 0 Å². The maximum atomic E-state index is 11.9. The predicted molar refractivity (Wildman–Crippen MR) is 79.2 cm³/mol. The normalized spacial score (nSPS) is 11.9. The third-order valence-corrected chi connectivity index (χ3v) is 3.57. The fourth-order valence-corrected chi connectivity index (χ4v) is 1.90. The molecule has 0 aliphatic rings. The van der Waals surface area contributed by atoms with Crippen molar-refractivity contribution < 1.29 is 19.8 Å². The van der Waals surface area contributed by atoms with E-state index in [-0.39, 0.29) is 11.3 Å². The number of aliphatic carboxylic acids is 1. The molecule has 0 heterocycles. The van der Waals surface area contributed by atoms with Gasteiger partial charge in [-0.2, -0.15) is 0 Å². The smallest absolute Gasteiger partial charge is 0.326 e. The van der Waals surface area contributed by atoms with E-state index < -0.39 is 17.9 Å². The Labute approximate surface area is 125 Å². The van der Waals surface area contributed by atoms with E-state index in [0.717, 1.165) is 12.8 Å². The van der Waals surface area contributed by atoms with Crippen LogP contribution in [-0.4, -0.2) is 28.1 Å². The molecule has 3 N–H and O–H groups in total. The van der Waals surface area contributed by atoms with Crippen molar-refractivity contribution in [3.05, 3.63) is 27.3 Å². The van der Waals surface area contributed by atoms with Crippen molar-refractivity contribution in [1.29, 1.82) is 0 Å². The zero-order valence-electron chi connectivity index (χ0n) is 10.5. The van der Waals surface area contributed by atoms with Crippen LogP contribution in [0.2, 0.25) is 0 Å². The highest BCUT2D eigenvalue weighted by atomic mass is 127. The van der Waals surface area contributed by atoms with Crippen molar-refractivity contribution in [2.24, 2.45) is 0 Å². The molecule has 1 aromatic carbocycles. The Morgan fingerprint density at radius 2 is 2.11 bits per heavy atom. The fourth-order valence-electron chi connectivity index (χ4n) is 1.56. The van der Waals surface area contributed by atoms with Crippen LogP contribution in [0, 0.1) is 3.57 Å². The number of carboxylic acids is 1. The number of carbonyl (C=O) groups excluding carboxylic acids is 1. The number of carbonyl (C=O) groups is 2.